The van der Waals surface area contributed by atoms with Crippen LogP contribution < -0.4 is 4.18 Å². The first kappa shape index (κ1) is 11.5. The number of aryl methyl sites for hydroxylation is 1. The number of nitrogens with zero attached hydrogens (tertiary/aromatic N) is 3. The van der Waals surface area contributed by atoms with Crippen molar-refractivity contribution in [2.45, 2.75) is 0 Å². The van der Waals surface area contributed by atoms with Crippen molar-refractivity contribution in [2.24, 2.45) is 7.05 Å². The van der Waals surface area contributed by atoms with Gasteiger partial charge in [-0.1, -0.05) is 16.0 Å². The second-order valence-electron chi connectivity index (χ2n) is 3.25. The van der Waals surface area contributed by atoms with E-state index in [0.29, 0.717) is 11.4 Å². The standard InChI is InChI=1S/C9H8FN3O3S/c1-13-6-11-9(12-13)7-3-2-4-8(5-7)16-17(10,14)15/h2-6H,1H3. The van der Waals surface area contributed by atoms with Gasteiger partial charge in [0.2, 0.25) is 0 Å². The van der Waals surface area contributed by atoms with Crippen LogP contribution in [0.5, 0.6) is 5.75 Å². The average Bonchev–Trinajstić information content (AvgIpc) is 2.63. The van der Waals surface area contributed by atoms with Gasteiger partial charge in [-0.25, -0.2) is 4.98 Å². The van der Waals surface area contributed by atoms with Crippen molar-refractivity contribution in [1.82, 2.24) is 14.8 Å². The summed E-state index contributed by atoms with van der Waals surface area (Å²) in [6.07, 6.45) is 1.49. The Morgan fingerprint density at radius 2 is 2.18 bits per heavy atom. The van der Waals surface area contributed by atoms with Crippen LogP contribution in [0.15, 0.2) is 30.6 Å². The molecular formula is C9H8FN3O3S. The van der Waals surface area contributed by atoms with E-state index >= 15 is 0 Å². The molecule has 0 fully saturated rings. The first-order chi connectivity index (χ1) is 7.94. The third kappa shape index (κ3) is 3.00. The highest BCUT2D eigenvalue weighted by Crippen LogP contribution is 2.21. The van der Waals surface area contributed by atoms with Gasteiger partial charge in [0.1, 0.15) is 12.1 Å². The van der Waals surface area contributed by atoms with Crippen molar-refractivity contribution in [1.29, 1.82) is 0 Å². The molecule has 1 aromatic carbocycles. The molecule has 1 heterocycles. The highest BCUT2D eigenvalue weighted by atomic mass is 32.3. The van der Waals surface area contributed by atoms with Gasteiger partial charge in [-0.15, -0.1) is 0 Å². The Labute approximate surface area is 97.1 Å². The zero-order valence-electron chi connectivity index (χ0n) is 8.74. The lowest BCUT2D eigenvalue weighted by molar-refractivity contribution is 0.440. The molecule has 0 spiro atoms. The molecular weight excluding hydrogens is 249 g/mol. The molecule has 0 N–H and O–H groups in total. The van der Waals surface area contributed by atoms with Gasteiger partial charge in [-0.2, -0.15) is 13.5 Å². The van der Waals surface area contributed by atoms with E-state index in [1.54, 1.807) is 13.1 Å². The average molecular weight is 257 g/mol. The van der Waals surface area contributed by atoms with Crippen molar-refractivity contribution < 1.29 is 16.5 Å². The van der Waals surface area contributed by atoms with E-state index in [4.69, 9.17) is 0 Å². The quantitative estimate of drug-likeness (QED) is 0.769. The van der Waals surface area contributed by atoms with Crippen molar-refractivity contribution in [2.75, 3.05) is 0 Å². The topological polar surface area (TPSA) is 74.1 Å². The predicted octanol–water partition coefficient (Wildman–Crippen LogP) is 1.08. The van der Waals surface area contributed by atoms with E-state index in [9.17, 15) is 12.3 Å². The summed E-state index contributed by atoms with van der Waals surface area (Å²) in [4.78, 5) is 3.98. The van der Waals surface area contributed by atoms with Crippen LogP contribution in [0.1, 0.15) is 0 Å². The molecule has 6 nitrogen and oxygen atoms in total. The molecule has 8 heteroatoms. The van der Waals surface area contributed by atoms with Gasteiger partial charge < -0.3 is 4.18 Å². The van der Waals surface area contributed by atoms with Crippen molar-refractivity contribution in [3.05, 3.63) is 30.6 Å². The second kappa shape index (κ2) is 4.13. The molecule has 0 aliphatic heterocycles. The van der Waals surface area contributed by atoms with Crippen LogP contribution in [0.2, 0.25) is 0 Å². The summed E-state index contributed by atoms with van der Waals surface area (Å²) in [5.74, 6) is 0.270. The normalized spacial score (nSPS) is 11.4. The fraction of sp³-hybridized carbons (Fsp3) is 0.111. The van der Waals surface area contributed by atoms with Crippen LogP contribution in [0.3, 0.4) is 0 Å². The van der Waals surface area contributed by atoms with Crippen molar-refractivity contribution >= 4 is 10.5 Å². The highest BCUT2D eigenvalue weighted by Gasteiger charge is 2.11. The molecule has 0 amide bonds. The molecule has 2 aromatic rings. The third-order valence-corrected chi connectivity index (χ3v) is 2.28. The van der Waals surface area contributed by atoms with Crippen LogP contribution in [0, 0.1) is 0 Å². The summed E-state index contributed by atoms with van der Waals surface area (Å²) in [6, 6.07) is 5.84. The third-order valence-electron chi connectivity index (χ3n) is 1.89. The first-order valence-electron chi connectivity index (χ1n) is 4.54. The number of aromatic nitrogens is 3. The Balaban J connectivity index is 2.35. The molecule has 0 unspecified atom stereocenters. The molecule has 90 valence electrons. The Kier molecular flexibility index (Phi) is 2.80. The highest BCUT2D eigenvalue weighted by molar-refractivity contribution is 7.81. The zero-order valence-corrected chi connectivity index (χ0v) is 9.56. The summed E-state index contributed by atoms with van der Waals surface area (Å²) < 4.78 is 38.6. The summed E-state index contributed by atoms with van der Waals surface area (Å²) >= 11 is 0. The number of hydrogen-bond donors (Lipinski definition) is 0. The van der Waals surface area contributed by atoms with Gasteiger partial charge in [0, 0.05) is 12.6 Å². The van der Waals surface area contributed by atoms with Gasteiger partial charge in [0.15, 0.2) is 5.82 Å². The lowest BCUT2D eigenvalue weighted by Gasteiger charge is -2.01. The van der Waals surface area contributed by atoms with E-state index in [-0.39, 0.29) is 5.75 Å². The SMILES string of the molecule is Cn1cnc(-c2cccc(OS(=O)(=O)F)c2)n1. The van der Waals surface area contributed by atoms with Crippen LogP contribution in [-0.4, -0.2) is 23.2 Å². The van der Waals surface area contributed by atoms with Crippen LogP contribution in [0.25, 0.3) is 11.4 Å². The van der Waals surface area contributed by atoms with Gasteiger partial charge in [0.25, 0.3) is 0 Å². The van der Waals surface area contributed by atoms with Crippen LogP contribution >= 0.6 is 0 Å². The maximum Gasteiger partial charge on any atom is 0.488 e. The van der Waals surface area contributed by atoms with Crippen LogP contribution in [0.4, 0.5) is 3.89 Å². The fourth-order valence-electron chi connectivity index (χ4n) is 1.27. The van der Waals surface area contributed by atoms with E-state index < -0.39 is 10.5 Å². The van der Waals surface area contributed by atoms with E-state index in [0.717, 1.165) is 0 Å². The molecule has 0 radical (unpaired) electrons. The van der Waals surface area contributed by atoms with Gasteiger partial charge >= 0.3 is 10.5 Å². The largest absolute Gasteiger partial charge is 0.488 e. The minimum absolute atomic E-state index is 0.127. The maximum absolute atomic E-state index is 12.3. The Morgan fingerprint density at radius 3 is 2.76 bits per heavy atom. The molecule has 0 atom stereocenters. The van der Waals surface area contributed by atoms with E-state index in [2.05, 4.69) is 14.3 Å². The number of halogens is 1. The first-order valence-corrected chi connectivity index (χ1v) is 5.85. The Morgan fingerprint density at radius 1 is 1.41 bits per heavy atom. The van der Waals surface area contributed by atoms with Crippen molar-refractivity contribution in [3.8, 4) is 17.1 Å². The molecule has 0 aliphatic carbocycles. The molecule has 1 aromatic heterocycles. The minimum atomic E-state index is -5.02. The maximum atomic E-state index is 12.3. The summed E-state index contributed by atoms with van der Waals surface area (Å²) in [6.45, 7) is 0. The number of benzene rings is 1. The van der Waals surface area contributed by atoms with Crippen molar-refractivity contribution in [3.63, 3.8) is 0 Å². The molecule has 0 aliphatic rings. The smallest absolute Gasteiger partial charge is 0.358 e. The van der Waals surface area contributed by atoms with Gasteiger partial charge in [-0.3, -0.25) is 4.68 Å². The minimum Gasteiger partial charge on any atom is -0.358 e. The zero-order chi connectivity index (χ0) is 12.5. The van der Waals surface area contributed by atoms with E-state index in [1.807, 2.05) is 0 Å². The number of hydrogen-bond acceptors (Lipinski definition) is 5. The lowest BCUT2D eigenvalue weighted by atomic mass is 10.2. The molecule has 0 bridgehead atoms. The monoisotopic (exact) mass is 257 g/mol. The number of rotatable bonds is 3. The fourth-order valence-corrected chi connectivity index (χ4v) is 1.61. The molecule has 0 saturated carbocycles. The molecule has 0 saturated heterocycles. The lowest BCUT2D eigenvalue weighted by Crippen LogP contribution is -2.01. The summed E-state index contributed by atoms with van der Waals surface area (Å²) in [5.41, 5.74) is 0.534. The molecule has 2 rings (SSSR count). The summed E-state index contributed by atoms with van der Waals surface area (Å²) in [5, 5.41) is 4.03. The summed E-state index contributed by atoms with van der Waals surface area (Å²) in [7, 11) is -3.32. The Bertz CT molecular complexity index is 638. The van der Waals surface area contributed by atoms with Gasteiger partial charge in [-0.05, 0) is 12.1 Å². The molecule has 17 heavy (non-hydrogen) atoms. The van der Waals surface area contributed by atoms with Gasteiger partial charge in [0.05, 0.1) is 0 Å². The second-order valence-corrected chi connectivity index (χ2v) is 4.20. The predicted molar refractivity (Wildman–Crippen MR) is 57.1 cm³/mol. The Hall–Kier alpha value is -1.96. The van der Waals surface area contributed by atoms with Crippen LogP contribution in [-0.2, 0) is 17.6 Å². The van der Waals surface area contributed by atoms with E-state index in [1.165, 1.54) is 29.2 Å².